The van der Waals surface area contributed by atoms with Crippen LogP contribution in [-0.4, -0.2) is 23.2 Å². The van der Waals surface area contributed by atoms with Crippen LogP contribution >= 0.6 is 0 Å². The van der Waals surface area contributed by atoms with Crippen LogP contribution in [0.15, 0.2) is 30.3 Å². The summed E-state index contributed by atoms with van der Waals surface area (Å²) in [5.41, 5.74) is 2.34. The third-order valence-electron chi connectivity index (χ3n) is 3.53. The predicted octanol–water partition coefficient (Wildman–Crippen LogP) is 3.07. The van der Waals surface area contributed by atoms with E-state index in [-0.39, 0.29) is 11.3 Å². The van der Waals surface area contributed by atoms with Crippen LogP contribution in [0.3, 0.4) is 0 Å². The van der Waals surface area contributed by atoms with Crippen molar-refractivity contribution < 1.29 is 19.4 Å². The minimum absolute atomic E-state index is 0.0525. The number of aryl methyl sites for hydroxylation is 2. The van der Waals surface area contributed by atoms with Crippen molar-refractivity contribution in [2.24, 2.45) is 0 Å². The molecule has 1 aliphatic carbocycles. The van der Waals surface area contributed by atoms with Crippen LogP contribution in [0.2, 0.25) is 0 Å². The second kappa shape index (κ2) is 5.44. The summed E-state index contributed by atoms with van der Waals surface area (Å²) in [5.74, 6) is 0.0868. The average molecular weight is 285 g/mol. The topological polar surface area (TPSA) is 68.7 Å². The van der Waals surface area contributed by atoms with Gasteiger partial charge in [-0.15, -0.1) is 0 Å². The summed E-state index contributed by atoms with van der Waals surface area (Å²) < 4.78 is 10.7. The third-order valence-corrected chi connectivity index (χ3v) is 3.53. The molecular formula is C16H15NO4. The van der Waals surface area contributed by atoms with Gasteiger partial charge in [-0.2, -0.15) is 0 Å². The Kier molecular flexibility index (Phi) is 3.48. The predicted molar refractivity (Wildman–Crippen MR) is 76.3 cm³/mol. The Balaban J connectivity index is 1.92. The fourth-order valence-electron chi connectivity index (χ4n) is 2.46. The number of aromatic nitrogens is 1. The van der Waals surface area contributed by atoms with Gasteiger partial charge in [-0.05, 0) is 43.0 Å². The number of methoxy groups -OCH3 is 1. The first kappa shape index (κ1) is 13.4. The maximum atomic E-state index is 11.3. The zero-order valence-corrected chi connectivity index (χ0v) is 11.6. The van der Waals surface area contributed by atoms with Crippen molar-refractivity contribution in [2.75, 3.05) is 7.11 Å². The molecule has 0 unspecified atom stereocenters. The van der Waals surface area contributed by atoms with E-state index in [1.54, 1.807) is 18.2 Å². The number of carboxylic acids is 1. The van der Waals surface area contributed by atoms with Crippen molar-refractivity contribution in [3.63, 3.8) is 0 Å². The summed E-state index contributed by atoms with van der Waals surface area (Å²) in [4.78, 5) is 15.8. The van der Waals surface area contributed by atoms with E-state index in [0.29, 0.717) is 11.6 Å². The Hall–Kier alpha value is -2.56. The number of hydrogen-bond acceptors (Lipinski definition) is 4. The van der Waals surface area contributed by atoms with Gasteiger partial charge in [-0.25, -0.2) is 9.78 Å². The maximum Gasteiger partial charge on any atom is 0.339 e. The molecule has 5 nitrogen and oxygen atoms in total. The molecule has 1 heterocycles. The lowest BCUT2D eigenvalue weighted by atomic mass is 10.2. The van der Waals surface area contributed by atoms with E-state index in [0.717, 1.165) is 25.0 Å². The number of pyridine rings is 1. The van der Waals surface area contributed by atoms with E-state index >= 15 is 0 Å². The van der Waals surface area contributed by atoms with Gasteiger partial charge in [0, 0.05) is 11.8 Å². The van der Waals surface area contributed by atoms with Crippen molar-refractivity contribution in [1.29, 1.82) is 0 Å². The lowest BCUT2D eigenvalue weighted by Gasteiger charge is -2.10. The molecule has 0 spiro atoms. The number of carboxylic acid groups (broad SMARTS) is 1. The standard InChI is InChI=1S/C16H15NO4/c1-20-11-6-7-14(12(9-11)16(18)19)21-15-8-5-10-3-2-4-13(10)17-15/h5-9H,2-4H2,1H3,(H,18,19). The number of ether oxygens (including phenoxy) is 2. The van der Waals surface area contributed by atoms with Crippen LogP contribution in [0.25, 0.3) is 0 Å². The molecule has 0 fully saturated rings. The van der Waals surface area contributed by atoms with E-state index in [2.05, 4.69) is 4.98 Å². The molecule has 1 aliphatic rings. The molecule has 108 valence electrons. The average Bonchev–Trinajstić information content (AvgIpc) is 2.95. The monoisotopic (exact) mass is 285 g/mol. The van der Waals surface area contributed by atoms with Crippen LogP contribution in [0, 0.1) is 0 Å². The highest BCUT2D eigenvalue weighted by Gasteiger charge is 2.16. The summed E-state index contributed by atoms with van der Waals surface area (Å²) >= 11 is 0. The second-order valence-corrected chi connectivity index (χ2v) is 4.88. The summed E-state index contributed by atoms with van der Waals surface area (Å²) in [6, 6.07) is 8.45. The van der Waals surface area contributed by atoms with Gasteiger partial charge in [0.1, 0.15) is 17.1 Å². The van der Waals surface area contributed by atoms with E-state index in [4.69, 9.17) is 9.47 Å². The van der Waals surface area contributed by atoms with Gasteiger partial charge in [0.15, 0.2) is 0 Å². The summed E-state index contributed by atoms with van der Waals surface area (Å²) in [6.45, 7) is 0. The number of carbonyl (C=O) groups is 1. The molecule has 0 saturated heterocycles. The van der Waals surface area contributed by atoms with Crippen molar-refractivity contribution in [2.45, 2.75) is 19.3 Å². The van der Waals surface area contributed by atoms with Gasteiger partial charge in [0.05, 0.1) is 7.11 Å². The number of hydrogen-bond donors (Lipinski definition) is 1. The quantitative estimate of drug-likeness (QED) is 0.935. The summed E-state index contributed by atoms with van der Waals surface area (Å²) in [5, 5.41) is 9.26. The fourth-order valence-corrected chi connectivity index (χ4v) is 2.46. The molecule has 1 N–H and O–H groups in total. The van der Waals surface area contributed by atoms with Crippen molar-refractivity contribution in [1.82, 2.24) is 4.98 Å². The lowest BCUT2D eigenvalue weighted by Crippen LogP contribution is -2.02. The van der Waals surface area contributed by atoms with Crippen LogP contribution in [0.1, 0.15) is 28.0 Å². The van der Waals surface area contributed by atoms with Gasteiger partial charge in [-0.3, -0.25) is 0 Å². The van der Waals surface area contributed by atoms with Crippen LogP contribution in [-0.2, 0) is 12.8 Å². The largest absolute Gasteiger partial charge is 0.497 e. The zero-order chi connectivity index (χ0) is 14.8. The molecule has 1 aromatic carbocycles. The van der Waals surface area contributed by atoms with E-state index < -0.39 is 5.97 Å². The van der Waals surface area contributed by atoms with Gasteiger partial charge < -0.3 is 14.6 Å². The van der Waals surface area contributed by atoms with Crippen LogP contribution in [0.5, 0.6) is 17.4 Å². The Morgan fingerprint density at radius 2 is 2.10 bits per heavy atom. The summed E-state index contributed by atoms with van der Waals surface area (Å²) in [6.07, 6.45) is 3.10. The zero-order valence-electron chi connectivity index (χ0n) is 11.6. The Morgan fingerprint density at radius 3 is 2.86 bits per heavy atom. The molecule has 0 amide bonds. The third kappa shape index (κ3) is 2.67. The van der Waals surface area contributed by atoms with Crippen molar-refractivity contribution in [3.8, 4) is 17.4 Å². The molecule has 21 heavy (non-hydrogen) atoms. The summed E-state index contributed by atoms with van der Waals surface area (Å²) in [7, 11) is 1.49. The van der Waals surface area contributed by atoms with Crippen molar-refractivity contribution >= 4 is 5.97 Å². The lowest BCUT2D eigenvalue weighted by molar-refractivity contribution is 0.0693. The highest BCUT2D eigenvalue weighted by atomic mass is 16.5. The SMILES string of the molecule is COc1ccc(Oc2ccc3c(n2)CCC3)c(C(=O)O)c1. The highest BCUT2D eigenvalue weighted by Crippen LogP contribution is 2.30. The van der Waals surface area contributed by atoms with Gasteiger partial charge in [-0.1, -0.05) is 6.07 Å². The fraction of sp³-hybridized carbons (Fsp3) is 0.250. The number of benzene rings is 1. The minimum Gasteiger partial charge on any atom is -0.497 e. The highest BCUT2D eigenvalue weighted by molar-refractivity contribution is 5.91. The first-order valence-corrected chi connectivity index (χ1v) is 6.75. The first-order valence-electron chi connectivity index (χ1n) is 6.75. The van der Waals surface area contributed by atoms with Gasteiger partial charge >= 0.3 is 5.97 Å². The smallest absolute Gasteiger partial charge is 0.339 e. The molecule has 0 aliphatic heterocycles. The molecule has 0 radical (unpaired) electrons. The molecule has 5 heteroatoms. The molecule has 0 bridgehead atoms. The number of fused-ring (bicyclic) bond motifs is 1. The van der Waals surface area contributed by atoms with Gasteiger partial charge in [0.25, 0.3) is 0 Å². The molecule has 2 aromatic rings. The molecule has 3 rings (SSSR count). The Morgan fingerprint density at radius 1 is 1.24 bits per heavy atom. The molecular weight excluding hydrogens is 270 g/mol. The van der Waals surface area contributed by atoms with Crippen LogP contribution < -0.4 is 9.47 Å². The normalized spacial score (nSPS) is 12.8. The number of rotatable bonds is 4. The number of aromatic carboxylic acids is 1. The molecule has 0 atom stereocenters. The van der Waals surface area contributed by atoms with E-state index in [1.165, 1.54) is 18.7 Å². The van der Waals surface area contributed by atoms with E-state index in [1.807, 2.05) is 6.07 Å². The van der Waals surface area contributed by atoms with Crippen molar-refractivity contribution in [3.05, 3.63) is 47.2 Å². The maximum absolute atomic E-state index is 11.3. The Bertz CT molecular complexity index is 697. The van der Waals surface area contributed by atoms with Crippen LogP contribution in [0.4, 0.5) is 0 Å². The minimum atomic E-state index is -1.06. The second-order valence-electron chi connectivity index (χ2n) is 4.88. The molecule has 0 saturated carbocycles. The molecule has 1 aromatic heterocycles. The first-order chi connectivity index (χ1) is 10.2. The Labute approximate surface area is 122 Å². The number of nitrogens with zero attached hydrogens (tertiary/aromatic N) is 1. The van der Waals surface area contributed by atoms with Gasteiger partial charge in [0.2, 0.25) is 5.88 Å². The van der Waals surface area contributed by atoms with E-state index in [9.17, 15) is 9.90 Å².